The summed E-state index contributed by atoms with van der Waals surface area (Å²) in [5, 5.41) is 0. The van der Waals surface area contributed by atoms with Gasteiger partial charge in [-0.15, -0.1) is 0 Å². The summed E-state index contributed by atoms with van der Waals surface area (Å²) in [6.45, 7) is 2.03. The van der Waals surface area contributed by atoms with Crippen molar-refractivity contribution in [3.05, 3.63) is 95.6 Å². The third kappa shape index (κ3) is 5.95. The van der Waals surface area contributed by atoms with Crippen LogP contribution in [0.4, 0.5) is 0 Å². The molecule has 0 aliphatic rings. The van der Waals surface area contributed by atoms with E-state index in [-0.39, 0.29) is 12.2 Å². The molecule has 154 valence electrons. The predicted molar refractivity (Wildman–Crippen MR) is 114 cm³/mol. The lowest BCUT2D eigenvalue weighted by atomic mass is 10.1. The molecule has 3 aromatic rings. The number of rotatable bonds is 9. The van der Waals surface area contributed by atoms with Gasteiger partial charge in [-0.3, -0.25) is 9.59 Å². The van der Waals surface area contributed by atoms with E-state index in [0.717, 1.165) is 11.1 Å². The van der Waals surface area contributed by atoms with Gasteiger partial charge in [0.1, 0.15) is 18.1 Å². The summed E-state index contributed by atoms with van der Waals surface area (Å²) in [4.78, 5) is 24.7. The topological polar surface area (TPSA) is 61.8 Å². The quantitative estimate of drug-likeness (QED) is 0.384. The number of benzene rings is 3. The molecule has 0 aliphatic heterocycles. The lowest BCUT2D eigenvalue weighted by molar-refractivity contribution is -0.145. The van der Waals surface area contributed by atoms with Crippen molar-refractivity contribution in [1.82, 2.24) is 0 Å². The SMILES string of the molecule is COc1ccc(CC(=O)OC(C)C(=O)c2ccc(OCc3ccccc3)cc2)cc1. The minimum atomic E-state index is -0.869. The normalized spacial score (nSPS) is 11.4. The minimum Gasteiger partial charge on any atom is -0.497 e. The molecule has 0 spiro atoms. The lowest BCUT2D eigenvalue weighted by Crippen LogP contribution is -2.25. The van der Waals surface area contributed by atoms with Gasteiger partial charge >= 0.3 is 5.97 Å². The van der Waals surface area contributed by atoms with Crippen LogP contribution in [0.15, 0.2) is 78.9 Å². The second-order valence-electron chi connectivity index (χ2n) is 6.82. The van der Waals surface area contributed by atoms with E-state index in [1.165, 1.54) is 0 Å². The number of carbonyl (C=O) groups is 2. The van der Waals surface area contributed by atoms with Gasteiger partial charge in [0.2, 0.25) is 5.78 Å². The number of methoxy groups -OCH3 is 1. The van der Waals surface area contributed by atoms with Crippen molar-refractivity contribution in [3.63, 3.8) is 0 Å². The molecule has 5 nitrogen and oxygen atoms in total. The molecular formula is C25H24O5. The Morgan fingerprint density at radius 2 is 1.43 bits per heavy atom. The van der Waals surface area contributed by atoms with Gasteiger partial charge < -0.3 is 14.2 Å². The fraction of sp³-hybridized carbons (Fsp3) is 0.200. The highest BCUT2D eigenvalue weighted by Crippen LogP contribution is 2.17. The second-order valence-corrected chi connectivity index (χ2v) is 6.82. The Balaban J connectivity index is 1.51. The van der Waals surface area contributed by atoms with Gasteiger partial charge in [0.25, 0.3) is 0 Å². The van der Waals surface area contributed by atoms with Crippen molar-refractivity contribution in [2.45, 2.75) is 26.1 Å². The molecule has 0 heterocycles. The summed E-state index contributed by atoms with van der Waals surface area (Å²) >= 11 is 0. The summed E-state index contributed by atoms with van der Waals surface area (Å²) in [6.07, 6.45) is -0.778. The number of hydrogen-bond donors (Lipinski definition) is 0. The first-order chi connectivity index (χ1) is 14.5. The number of ketones is 1. The summed E-state index contributed by atoms with van der Waals surface area (Å²) in [5.74, 6) is 0.669. The van der Waals surface area contributed by atoms with Crippen molar-refractivity contribution in [1.29, 1.82) is 0 Å². The highest BCUT2D eigenvalue weighted by molar-refractivity contribution is 6.00. The van der Waals surface area contributed by atoms with Crippen molar-refractivity contribution < 1.29 is 23.8 Å². The van der Waals surface area contributed by atoms with Gasteiger partial charge in [-0.1, -0.05) is 42.5 Å². The van der Waals surface area contributed by atoms with Gasteiger partial charge in [-0.05, 0) is 54.4 Å². The highest BCUT2D eigenvalue weighted by Gasteiger charge is 2.19. The molecule has 0 N–H and O–H groups in total. The molecule has 0 saturated carbocycles. The molecule has 3 aromatic carbocycles. The van der Waals surface area contributed by atoms with E-state index in [9.17, 15) is 9.59 Å². The molecule has 0 amide bonds. The molecule has 0 aromatic heterocycles. The molecule has 1 atom stereocenters. The third-order valence-electron chi connectivity index (χ3n) is 4.57. The van der Waals surface area contributed by atoms with Crippen LogP contribution in [0.1, 0.15) is 28.4 Å². The number of ether oxygens (including phenoxy) is 3. The van der Waals surface area contributed by atoms with Crippen LogP contribution in [-0.4, -0.2) is 25.0 Å². The Bertz CT molecular complexity index is 963. The van der Waals surface area contributed by atoms with Crippen LogP contribution in [0.2, 0.25) is 0 Å². The minimum absolute atomic E-state index is 0.0911. The monoisotopic (exact) mass is 404 g/mol. The van der Waals surface area contributed by atoms with Crippen LogP contribution in [0.25, 0.3) is 0 Å². The van der Waals surface area contributed by atoms with E-state index in [4.69, 9.17) is 14.2 Å². The van der Waals surface area contributed by atoms with E-state index >= 15 is 0 Å². The predicted octanol–water partition coefficient (Wildman–Crippen LogP) is 4.63. The number of carbonyl (C=O) groups excluding carboxylic acids is 2. The average Bonchev–Trinajstić information content (AvgIpc) is 2.78. The molecule has 0 bridgehead atoms. The highest BCUT2D eigenvalue weighted by atomic mass is 16.5. The zero-order valence-corrected chi connectivity index (χ0v) is 17.0. The second kappa shape index (κ2) is 10.3. The first kappa shape index (κ1) is 21.1. The smallest absolute Gasteiger partial charge is 0.310 e. The molecular weight excluding hydrogens is 380 g/mol. The molecule has 3 rings (SSSR count). The summed E-state index contributed by atoms with van der Waals surface area (Å²) in [6, 6.07) is 23.8. The van der Waals surface area contributed by atoms with Crippen molar-refractivity contribution in [2.24, 2.45) is 0 Å². The van der Waals surface area contributed by atoms with Gasteiger partial charge in [-0.25, -0.2) is 0 Å². The van der Waals surface area contributed by atoms with Gasteiger partial charge in [-0.2, -0.15) is 0 Å². The Labute approximate surface area is 176 Å². The van der Waals surface area contributed by atoms with Gasteiger partial charge in [0, 0.05) is 5.56 Å². The van der Waals surface area contributed by atoms with Crippen molar-refractivity contribution in [2.75, 3.05) is 7.11 Å². The molecule has 0 saturated heterocycles. The summed E-state index contributed by atoms with van der Waals surface area (Å²) < 4.78 is 16.1. The molecule has 0 aliphatic carbocycles. The molecule has 30 heavy (non-hydrogen) atoms. The largest absolute Gasteiger partial charge is 0.497 e. The fourth-order valence-corrected chi connectivity index (χ4v) is 2.89. The standard InChI is InChI=1S/C25H24O5/c1-18(30-24(26)16-19-8-12-22(28-2)13-9-19)25(27)21-10-14-23(15-11-21)29-17-20-6-4-3-5-7-20/h3-15,18H,16-17H2,1-2H3. The Hall–Kier alpha value is -3.60. The summed E-state index contributed by atoms with van der Waals surface area (Å²) in [7, 11) is 1.58. The third-order valence-corrected chi connectivity index (χ3v) is 4.57. The maximum absolute atomic E-state index is 12.6. The van der Waals surface area contributed by atoms with Crippen molar-refractivity contribution >= 4 is 11.8 Å². The van der Waals surface area contributed by atoms with Crippen LogP contribution in [0.5, 0.6) is 11.5 Å². The number of esters is 1. The van der Waals surface area contributed by atoms with Crippen LogP contribution < -0.4 is 9.47 Å². The molecule has 1 unspecified atom stereocenters. The Morgan fingerprint density at radius 1 is 0.800 bits per heavy atom. The van der Waals surface area contributed by atoms with Crippen LogP contribution >= 0.6 is 0 Å². The first-order valence-corrected chi connectivity index (χ1v) is 9.68. The Kier molecular flexibility index (Phi) is 7.22. The van der Waals surface area contributed by atoms with E-state index in [2.05, 4.69) is 0 Å². The fourth-order valence-electron chi connectivity index (χ4n) is 2.89. The number of hydrogen-bond acceptors (Lipinski definition) is 5. The van der Waals surface area contributed by atoms with Crippen LogP contribution in [0.3, 0.4) is 0 Å². The maximum Gasteiger partial charge on any atom is 0.310 e. The zero-order chi connectivity index (χ0) is 21.3. The van der Waals surface area contributed by atoms with Crippen molar-refractivity contribution in [3.8, 4) is 11.5 Å². The van der Waals surface area contributed by atoms with E-state index in [1.807, 2.05) is 30.3 Å². The molecule has 0 fully saturated rings. The molecule has 5 heteroatoms. The lowest BCUT2D eigenvalue weighted by Gasteiger charge is -2.13. The Morgan fingerprint density at radius 3 is 2.07 bits per heavy atom. The van der Waals surface area contributed by atoms with Crippen LogP contribution in [0, 0.1) is 0 Å². The van der Waals surface area contributed by atoms with Gasteiger partial charge in [0.05, 0.1) is 13.5 Å². The summed E-state index contributed by atoms with van der Waals surface area (Å²) in [5.41, 5.74) is 2.32. The number of Topliss-reactive ketones (excluding diaryl/α,β-unsaturated/α-hetero) is 1. The zero-order valence-electron chi connectivity index (χ0n) is 17.0. The van der Waals surface area contributed by atoms with E-state index in [0.29, 0.717) is 23.7 Å². The van der Waals surface area contributed by atoms with Crippen LogP contribution in [-0.2, 0) is 22.6 Å². The molecule has 0 radical (unpaired) electrons. The van der Waals surface area contributed by atoms with E-state index < -0.39 is 12.1 Å². The average molecular weight is 404 g/mol. The maximum atomic E-state index is 12.6. The van der Waals surface area contributed by atoms with Gasteiger partial charge in [0.15, 0.2) is 6.10 Å². The first-order valence-electron chi connectivity index (χ1n) is 9.68. The van der Waals surface area contributed by atoms with E-state index in [1.54, 1.807) is 62.6 Å².